The number of thioether (sulfide) groups is 1. The van der Waals surface area contributed by atoms with Gasteiger partial charge in [-0.25, -0.2) is 4.39 Å². The molecule has 1 N–H and O–H groups in total. The van der Waals surface area contributed by atoms with Crippen LogP contribution in [0.1, 0.15) is 48.8 Å². The average molecular weight is 588 g/mol. The number of hydrogen-bond donors (Lipinski definition) is 1. The molecule has 0 unspecified atom stereocenters. The number of halogens is 3. The molecule has 4 rings (SSSR count). The molecule has 1 fully saturated rings. The van der Waals surface area contributed by atoms with E-state index in [4.69, 9.17) is 23.2 Å². The van der Waals surface area contributed by atoms with E-state index in [9.17, 15) is 14.0 Å². The maximum atomic E-state index is 13.8. The molecule has 1 saturated carbocycles. The molecule has 0 bridgehead atoms. The van der Waals surface area contributed by atoms with Crippen LogP contribution in [0.3, 0.4) is 0 Å². The van der Waals surface area contributed by atoms with Gasteiger partial charge < -0.3 is 10.2 Å². The Hall–Kier alpha value is -2.54. The van der Waals surface area contributed by atoms with Crippen LogP contribution < -0.4 is 5.32 Å². The van der Waals surface area contributed by atoms with Gasteiger partial charge in [-0.05, 0) is 53.8 Å². The molecule has 3 aromatic carbocycles. The largest absolute Gasteiger partial charge is 0.352 e. The molecular weight excluding hydrogens is 554 g/mol. The highest BCUT2D eigenvalue weighted by atomic mass is 35.5. The number of amides is 2. The standard InChI is InChI=1S/C31H33Cl2FN2O2S/c32-25-14-13-24(28(33)18-25)20-39-21-30(37)36(19-23-11-15-26(34)16-12-23)29(17-22-7-3-1-4-8-22)31(38)35-27-9-5-2-6-10-27/h1,3-4,7-8,11-16,18,27,29H,2,5-6,9-10,17,19-21H2,(H,35,38)/t29-/m0/s1. The maximum Gasteiger partial charge on any atom is 0.243 e. The first-order chi connectivity index (χ1) is 18.9. The molecule has 1 aliphatic rings. The van der Waals surface area contributed by atoms with Gasteiger partial charge >= 0.3 is 0 Å². The van der Waals surface area contributed by atoms with Crippen LogP contribution in [0.15, 0.2) is 72.8 Å². The minimum atomic E-state index is -0.702. The van der Waals surface area contributed by atoms with Crippen molar-refractivity contribution < 1.29 is 14.0 Å². The highest BCUT2D eigenvalue weighted by Crippen LogP contribution is 2.26. The molecule has 0 saturated heterocycles. The average Bonchev–Trinajstić information content (AvgIpc) is 2.94. The van der Waals surface area contributed by atoms with Gasteiger partial charge in [-0.15, -0.1) is 11.8 Å². The van der Waals surface area contributed by atoms with Gasteiger partial charge in [0.05, 0.1) is 5.75 Å². The molecule has 0 spiro atoms. The molecule has 0 heterocycles. The van der Waals surface area contributed by atoms with Crippen molar-refractivity contribution in [3.63, 3.8) is 0 Å². The summed E-state index contributed by atoms with van der Waals surface area (Å²) < 4.78 is 13.6. The Morgan fingerprint density at radius 3 is 2.36 bits per heavy atom. The van der Waals surface area contributed by atoms with E-state index in [1.54, 1.807) is 29.2 Å². The van der Waals surface area contributed by atoms with E-state index >= 15 is 0 Å². The summed E-state index contributed by atoms with van der Waals surface area (Å²) in [5.41, 5.74) is 2.62. The van der Waals surface area contributed by atoms with Gasteiger partial charge in [-0.2, -0.15) is 0 Å². The van der Waals surface area contributed by atoms with Crippen molar-refractivity contribution in [1.29, 1.82) is 0 Å². The van der Waals surface area contributed by atoms with E-state index in [-0.39, 0.29) is 36.0 Å². The van der Waals surface area contributed by atoms with Gasteiger partial charge in [0.1, 0.15) is 11.9 Å². The third-order valence-corrected chi connectivity index (χ3v) is 8.54. The first-order valence-corrected chi connectivity index (χ1v) is 15.2. The van der Waals surface area contributed by atoms with Crippen molar-refractivity contribution in [2.75, 3.05) is 5.75 Å². The number of carbonyl (C=O) groups excluding carboxylic acids is 2. The smallest absolute Gasteiger partial charge is 0.243 e. The van der Waals surface area contributed by atoms with Crippen molar-refractivity contribution in [1.82, 2.24) is 10.2 Å². The summed E-state index contributed by atoms with van der Waals surface area (Å²) in [4.78, 5) is 29.2. The van der Waals surface area contributed by atoms with Crippen LogP contribution in [0.5, 0.6) is 0 Å². The van der Waals surface area contributed by atoms with Crippen LogP contribution in [0.25, 0.3) is 0 Å². The maximum absolute atomic E-state index is 13.8. The van der Waals surface area contributed by atoms with E-state index < -0.39 is 6.04 Å². The van der Waals surface area contributed by atoms with E-state index in [0.717, 1.165) is 42.4 Å². The Bertz CT molecular complexity index is 1240. The van der Waals surface area contributed by atoms with Gasteiger partial charge in [0.15, 0.2) is 0 Å². The Morgan fingerprint density at radius 1 is 0.949 bits per heavy atom. The molecule has 8 heteroatoms. The lowest BCUT2D eigenvalue weighted by Gasteiger charge is -2.33. The predicted molar refractivity (Wildman–Crippen MR) is 159 cm³/mol. The summed E-state index contributed by atoms with van der Waals surface area (Å²) in [6.07, 6.45) is 5.66. The molecule has 2 amide bonds. The van der Waals surface area contributed by atoms with Crippen LogP contribution in [0.2, 0.25) is 10.0 Å². The zero-order valence-electron chi connectivity index (χ0n) is 21.8. The van der Waals surface area contributed by atoms with Crippen LogP contribution in [0, 0.1) is 5.82 Å². The molecule has 0 aromatic heterocycles. The number of rotatable bonds is 11. The number of benzene rings is 3. The molecular formula is C31H33Cl2FN2O2S. The first kappa shape index (κ1) is 29.4. The quantitative estimate of drug-likeness (QED) is 0.254. The second kappa shape index (κ2) is 14.7. The van der Waals surface area contributed by atoms with Crippen molar-refractivity contribution in [3.8, 4) is 0 Å². The fourth-order valence-corrected chi connectivity index (χ4v) is 6.32. The Balaban J connectivity index is 1.56. The Labute approximate surface area is 244 Å². The summed E-state index contributed by atoms with van der Waals surface area (Å²) in [7, 11) is 0. The zero-order valence-corrected chi connectivity index (χ0v) is 24.1. The van der Waals surface area contributed by atoms with Gasteiger partial charge in [0.25, 0.3) is 0 Å². The third kappa shape index (κ3) is 8.99. The predicted octanol–water partition coefficient (Wildman–Crippen LogP) is 7.45. The van der Waals surface area contributed by atoms with Crippen molar-refractivity contribution in [3.05, 3.63) is 105 Å². The van der Waals surface area contributed by atoms with E-state index in [0.29, 0.717) is 22.2 Å². The monoisotopic (exact) mass is 586 g/mol. The molecule has 39 heavy (non-hydrogen) atoms. The van der Waals surface area contributed by atoms with Crippen LogP contribution >= 0.6 is 35.0 Å². The summed E-state index contributed by atoms with van der Waals surface area (Å²) >= 11 is 13.8. The third-order valence-electron chi connectivity index (χ3n) is 6.99. The Kier molecular flexibility index (Phi) is 11.1. The molecule has 1 atom stereocenters. The lowest BCUT2D eigenvalue weighted by atomic mass is 9.94. The topological polar surface area (TPSA) is 49.4 Å². The summed E-state index contributed by atoms with van der Waals surface area (Å²) in [5, 5.41) is 4.35. The SMILES string of the molecule is O=C(NC1CCCCC1)[C@H](Cc1ccccc1)N(Cc1ccc(F)cc1)C(=O)CSCc1ccc(Cl)cc1Cl. The van der Waals surface area contributed by atoms with Crippen molar-refractivity contribution in [2.45, 2.75) is 62.9 Å². The number of nitrogens with zero attached hydrogens (tertiary/aromatic N) is 1. The minimum Gasteiger partial charge on any atom is -0.352 e. The molecule has 206 valence electrons. The summed E-state index contributed by atoms with van der Waals surface area (Å²) in [6, 6.07) is 20.6. The zero-order chi connectivity index (χ0) is 27.6. The highest BCUT2D eigenvalue weighted by molar-refractivity contribution is 7.99. The normalized spacial score (nSPS) is 14.5. The molecule has 0 radical (unpaired) electrons. The van der Waals surface area contributed by atoms with Crippen LogP contribution in [-0.2, 0) is 28.3 Å². The van der Waals surface area contributed by atoms with Gasteiger partial charge in [-0.3, -0.25) is 9.59 Å². The number of nitrogens with one attached hydrogen (secondary N) is 1. The molecule has 3 aromatic rings. The Morgan fingerprint density at radius 2 is 1.67 bits per heavy atom. The second-order valence-corrected chi connectivity index (χ2v) is 11.8. The van der Waals surface area contributed by atoms with Gasteiger partial charge in [-0.1, -0.05) is 91.0 Å². The van der Waals surface area contributed by atoms with Crippen molar-refractivity contribution >= 4 is 46.8 Å². The summed E-state index contributed by atoms with van der Waals surface area (Å²) in [5.74, 6) is 0.0512. The van der Waals surface area contributed by atoms with Gasteiger partial charge in [0, 0.05) is 34.8 Å². The fraction of sp³-hybridized carbons (Fsp3) is 0.355. The highest BCUT2D eigenvalue weighted by Gasteiger charge is 2.31. The first-order valence-electron chi connectivity index (χ1n) is 13.3. The lowest BCUT2D eigenvalue weighted by molar-refractivity contribution is -0.139. The summed E-state index contributed by atoms with van der Waals surface area (Å²) in [6.45, 7) is 0.205. The van der Waals surface area contributed by atoms with Crippen molar-refractivity contribution in [2.24, 2.45) is 0 Å². The van der Waals surface area contributed by atoms with Crippen LogP contribution in [-0.4, -0.2) is 34.6 Å². The molecule has 0 aliphatic heterocycles. The van der Waals surface area contributed by atoms with E-state index in [1.165, 1.54) is 30.3 Å². The number of carbonyl (C=O) groups is 2. The number of hydrogen-bond acceptors (Lipinski definition) is 3. The van der Waals surface area contributed by atoms with Crippen LogP contribution in [0.4, 0.5) is 4.39 Å². The molecule has 4 nitrogen and oxygen atoms in total. The second-order valence-electron chi connectivity index (χ2n) is 9.93. The lowest BCUT2D eigenvalue weighted by Crippen LogP contribution is -2.53. The minimum absolute atomic E-state index is 0.119. The fourth-order valence-electron chi connectivity index (χ4n) is 4.85. The molecule has 1 aliphatic carbocycles. The van der Waals surface area contributed by atoms with E-state index in [2.05, 4.69) is 5.32 Å². The van der Waals surface area contributed by atoms with E-state index in [1.807, 2.05) is 36.4 Å². The van der Waals surface area contributed by atoms with Gasteiger partial charge in [0.2, 0.25) is 11.8 Å².